The van der Waals surface area contributed by atoms with Gasteiger partial charge < -0.3 is 4.74 Å². The van der Waals surface area contributed by atoms with Crippen molar-refractivity contribution in [2.24, 2.45) is 0 Å². The molecule has 0 saturated carbocycles. The highest BCUT2D eigenvalue weighted by Gasteiger charge is 2.23. The molecule has 0 atom stereocenters. The van der Waals surface area contributed by atoms with Gasteiger partial charge in [-0.1, -0.05) is 40.0 Å². The molecule has 1 aliphatic rings. The van der Waals surface area contributed by atoms with E-state index in [0.29, 0.717) is 0 Å². The highest BCUT2D eigenvalue weighted by Crippen LogP contribution is 2.43. The predicted molar refractivity (Wildman–Crippen MR) is 96.4 cm³/mol. The molecular weight excluding hydrogens is 336 g/mol. The molecule has 0 fully saturated rings. The van der Waals surface area contributed by atoms with Gasteiger partial charge in [-0.3, -0.25) is 0 Å². The Morgan fingerprint density at radius 3 is 2.45 bits per heavy atom. The lowest BCUT2D eigenvalue weighted by atomic mass is 10.0. The quantitative estimate of drug-likeness (QED) is 0.657. The maximum Gasteiger partial charge on any atom is 0.119 e. The second-order valence-corrected chi connectivity index (χ2v) is 6.08. The number of allylic oxidation sites excluding steroid dienone is 3. The number of hydrogen-bond donors (Lipinski definition) is 0. The van der Waals surface area contributed by atoms with Crippen molar-refractivity contribution >= 4 is 33.2 Å². The lowest BCUT2D eigenvalue weighted by Gasteiger charge is -2.06. The first-order chi connectivity index (χ1) is 10.6. The van der Waals surface area contributed by atoms with Gasteiger partial charge in [-0.25, -0.2) is 0 Å². The van der Waals surface area contributed by atoms with Crippen LogP contribution in [0, 0.1) is 12.3 Å². The Kier molecular flexibility index (Phi) is 3.92. The average molecular weight is 351 g/mol. The maximum absolute atomic E-state index is 5.72. The molecule has 0 bridgehead atoms. The van der Waals surface area contributed by atoms with Crippen LogP contribution in [0.3, 0.4) is 0 Å². The third-order valence-electron chi connectivity index (χ3n) is 3.89. The molecule has 2 aromatic carbocycles. The SMILES string of the molecule is C#CC1=C(C)C(=Cc2ccc(Br)cc2)c2ccc(OC)cc21. The molecule has 0 amide bonds. The molecule has 0 radical (unpaired) electrons. The molecule has 0 aliphatic heterocycles. The number of halogens is 1. The molecule has 108 valence electrons. The number of terminal acetylenes is 1. The summed E-state index contributed by atoms with van der Waals surface area (Å²) in [5, 5.41) is 0. The number of benzene rings is 2. The average Bonchev–Trinajstić information content (AvgIpc) is 2.80. The van der Waals surface area contributed by atoms with Gasteiger partial charge in [-0.05, 0) is 59.5 Å². The number of hydrogen-bond acceptors (Lipinski definition) is 1. The van der Waals surface area contributed by atoms with Crippen LogP contribution in [0.2, 0.25) is 0 Å². The zero-order chi connectivity index (χ0) is 15.7. The fourth-order valence-corrected chi connectivity index (χ4v) is 2.99. The molecule has 2 heteroatoms. The van der Waals surface area contributed by atoms with Crippen LogP contribution in [0.5, 0.6) is 5.75 Å². The summed E-state index contributed by atoms with van der Waals surface area (Å²) >= 11 is 3.46. The zero-order valence-corrected chi connectivity index (χ0v) is 14.1. The topological polar surface area (TPSA) is 9.23 Å². The molecule has 3 rings (SSSR count). The Labute approximate surface area is 139 Å². The van der Waals surface area contributed by atoms with Gasteiger partial charge in [-0.15, -0.1) is 6.42 Å². The first-order valence-electron chi connectivity index (χ1n) is 6.98. The van der Waals surface area contributed by atoms with Gasteiger partial charge in [0, 0.05) is 15.6 Å². The fraction of sp³-hybridized carbons (Fsp3) is 0.100. The molecule has 0 saturated heterocycles. The van der Waals surface area contributed by atoms with E-state index in [0.717, 1.165) is 38.1 Å². The minimum absolute atomic E-state index is 0.823. The Morgan fingerprint density at radius 2 is 1.82 bits per heavy atom. The third-order valence-corrected chi connectivity index (χ3v) is 4.42. The first-order valence-corrected chi connectivity index (χ1v) is 7.77. The van der Waals surface area contributed by atoms with E-state index in [1.165, 1.54) is 5.57 Å². The molecule has 1 nitrogen and oxygen atoms in total. The van der Waals surface area contributed by atoms with Gasteiger partial charge in [0.25, 0.3) is 0 Å². The van der Waals surface area contributed by atoms with Crippen LogP contribution < -0.4 is 4.74 Å². The largest absolute Gasteiger partial charge is 0.497 e. The first kappa shape index (κ1) is 14.7. The second-order valence-electron chi connectivity index (χ2n) is 5.17. The van der Waals surface area contributed by atoms with Crippen molar-refractivity contribution in [3.8, 4) is 18.1 Å². The molecular formula is C20H15BrO. The molecule has 0 heterocycles. The number of fused-ring (bicyclic) bond motifs is 1. The summed E-state index contributed by atoms with van der Waals surface area (Å²) in [7, 11) is 1.67. The molecule has 22 heavy (non-hydrogen) atoms. The Bertz CT molecular complexity index is 833. The number of rotatable bonds is 2. The minimum Gasteiger partial charge on any atom is -0.497 e. The summed E-state index contributed by atoms with van der Waals surface area (Å²) < 4.78 is 6.39. The summed E-state index contributed by atoms with van der Waals surface area (Å²) in [4.78, 5) is 0. The Morgan fingerprint density at radius 1 is 1.09 bits per heavy atom. The highest BCUT2D eigenvalue weighted by atomic mass is 79.9. The highest BCUT2D eigenvalue weighted by molar-refractivity contribution is 9.10. The lowest BCUT2D eigenvalue weighted by molar-refractivity contribution is 0.414. The van der Waals surface area contributed by atoms with E-state index in [-0.39, 0.29) is 0 Å². The lowest BCUT2D eigenvalue weighted by Crippen LogP contribution is -1.88. The molecule has 0 aromatic heterocycles. The van der Waals surface area contributed by atoms with Crippen LogP contribution in [0.25, 0.3) is 17.2 Å². The smallest absolute Gasteiger partial charge is 0.119 e. The van der Waals surface area contributed by atoms with Gasteiger partial charge in [-0.2, -0.15) is 0 Å². The van der Waals surface area contributed by atoms with Crippen molar-refractivity contribution in [1.82, 2.24) is 0 Å². The van der Waals surface area contributed by atoms with Crippen LogP contribution in [0.1, 0.15) is 23.6 Å². The third kappa shape index (κ3) is 2.49. The van der Waals surface area contributed by atoms with Crippen molar-refractivity contribution in [3.63, 3.8) is 0 Å². The minimum atomic E-state index is 0.823. The zero-order valence-electron chi connectivity index (χ0n) is 12.5. The van der Waals surface area contributed by atoms with Crippen molar-refractivity contribution < 1.29 is 4.74 Å². The van der Waals surface area contributed by atoms with E-state index in [2.05, 4.69) is 53.0 Å². The Balaban J connectivity index is 2.16. The summed E-state index contributed by atoms with van der Waals surface area (Å²) in [5.74, 6) is 3.65. The Hall–Kier alpha value is -2.24. The van der Waals surface area contributed by atoms with Crippen LogP contribution >= 0.6 is 15.9 Å². The van der Waals surface area contributed by atoms with E-state index in [4.69, 9.17) is 11.2 Å². The van der Waals surface area contributed by atoms with Crippen molar-refractivity contribution in [2.45, 2.75) is 6.92 Å². The van der Waals surface area contributed by atoms with Crippen molar-refractivity contribution in [3.05, 3.63) is 69.2 Å². The van der Waals surface area contributed by atoms with Crippen molar-refractivity contribution in [1.29, 1.82) is 0 Å². The standard InChI is InChI=1S/C20H15BrO/c1-4-17-13(2)19(11-14-5-7-15(21)8-6-14)18-10-9-16(22-3)12-20(17)18/h1,5-12H,2-3H3. The molecule has 1 aliphatic carbocycles. The van der Waals surface area contributed by atoms with Crippen LogP contribution in [-0.2, 0) is 0 Å². The van der Waals surface area contributed by atoms with Crippen molar-refractivity contribution in [2.75, 3.05) is 7.11 Å². The van der Waals surface area contributed by atoms with Gasteiger partial charge in [0.15, 0.2) is 0 Å². The molecule has 0 unspecified atom stereocenters. The van der Waals surface area contributed by atoms with Gasteiger partial charge in [0.05, 0.1) is 7.11 Å². The predicted octanol–water partition coefficient (Wildman–Crippen LogP) is 5.42. The maximum atomic E-state index is 5.72. The summed E-state index contributed by atoms with van der Waals surface area (Å²) in [5.41, 5.74) is 6.63. The van der Waals surface area contributed by atoms with Crippen LogP contribution in [0.4, 0.5) is 0 Å². The molecule has 0 N–H and O–H groups in total. The number of ether oxygens (including phenoxy) is 1. The van der Waals surface area contributed by atoms with E-state index in [9.17, 15) is 0 Å². The van der Waals surface area contributed by atoms with Gasteiger partial charge in [0.1, 0.15) is 5.75 Å². The van der Waals surface area contributed by atoms with Gasteiger partial charge in [0.2, 0.25) is 0 Å². The summed E-state index contributed by atoms with van der Waals surface area (Å²) in [6.07, 6.45) is 7.90. The van der Waals surface area contributed by atoms with Crippen LogP contribution in [-0.4, -0.2) is 7.11 Å². The van der Waals surface area contributed by atoms with E-state index >= 15 is 0 Å². The van der Waals surface area contributed by atoms with E-state index in [1.54, 1.807) is 7.11 Å². The van der Waals surface area contributed by atoms with Crippen LogP contribution in [0.15, 0.2) is 52.5 Å². The summed E-state index contributed by atoms with van der Waals surface area (Å²) in [6.45, 7) is 2.08. The molecule has 0 spiro atoms. The summed E-state index contributed by atoms with van der Waals surface area (Å²) in [6, 6.07) is 14.3. The fourth-order valence-electron chi connectivity index (χ4n) is 2.73. The number of methoxy groups -OCH3 is 1. The monoisotopic (exact) mass is 350 g/mol. The normalized spacial score (nSPS) is 14.9. The van der Waals surface area contributed by atoms with Gasteiger partial charge >= 0.3 is 0 Å². The molecule has 2 aromatic rings. The second kappa shape index (κ2) is 5.87. The van der Waals surface area contributed by atoms with E-state index in [1.807, 2.05) is 24.3 Å². The van der Waals surface area contributed by atoms with E-state index < -0.39 is 0 Å².